The molecule has 0 N–H and O–H groups in total. The highest BCUT2D eigenvalue weighted by molar-refractivity contribution is 7.54. The van der Waals surface area contributed by atoms with Crippen molar-refractivity contribution in [3.05, 3.63) is 64.2 Å². The third-order valence-corrected chi connectivity index (χ3v) is 7.45. The summed E-state index contributed by atoms with van der Waals surface area (Å²) in [5.41, 5.74) is 2.13. The minimum atomic E-state index is -2.95. The summed E-state index contributed by atoms with van der Waals surface area (Å²) in [6.07, 6.45) is -0.426. The Morgan fingerprint density at radius 1 is 1.08 bits per heavy atom. The van der Waals surface area contributed by atoms with Crippen LogP contribution in [0.15, 0.2) is 48.5 Å². The first-order chi connectivity index (χ1) is 12.5. The summed E-state index contributed by atoms with van der Waals surface area (Å²) in [6, 6.07) is 14.2. The van der Waals surface area contributed by atoms with Crippen LogP contribution < -0.4 is 0 Å². The van der Waals surface area contributed by atoms with Crippen molar-refractivity contribution in [3.63, 3.8) is 0 Å². The molecule has 2 aliphatic heterocycles. The highest BCUT2D eigenvalue weighted by Crippen LogP contribution is 2.63. The minimum absolute atomic E-state index is 0.0484. The maximum Gasteiger partial charge on any atom is 0.346 e. The lowest BCUT2D eigenvalue weighted by atomic mass is 9.99. The van der Waals surface area contributed by atoms with Crippen LogP contribution in [0.1, 0.15) is 18.6 Å². The Labute approximate surface area is 151 Å². The van der Waals surface area contributed by atoms with Crippen molar-refractivity contribution in [3.8, 4) is 11.1 Å². The summed E-state index contributed by atoms with van der Waals surface area (Å²) >= 11 is 0. The number of nitro benzene ring substituents is 1. The molecule has 0 aromatic heterocycles. The van der Waals surface area contributed by atoms with Gasteiger partial charge in [-0.3, -0.25) is 19.2 Å². The first-order valence-corrected chi connectivity index (χ1v) is 10.1. The Hall–Kier alpha value is -2.05. The fourth-order valence-electron chi connectivity index (χ4n) is 2.99. The average Bonchev–Trinajstić information content (AvgIpc) is 3.52. The molecule has 0 radical (unpaired) electrons. The fourth-order valence-corrected chi connectivity index (χ4v) is 5.34. The Kier molecular flexibility index (Phi) is 4.40. The molecule has 7 nitrogen and oxygen atoms in total. The summed E-state index contributed by atoms with van der Waals surface area (Å²) in [7, 11) is -2.95. The summed E-state index contributed by atoms with van der Waals surface area (Å²) in [6.45, 7) is 4.99. The second kappa shape index (κ2) is 6.59. The quantitative estimate of drug-likeness (QED) is 0.315. The minimum Gasteiger partial charge on any atom is -0.298 e. The molecule has 0 amide bonds. The van der Waals surface area contributed by atoms with Crippen LogP contribution >= 0.6 is 7.67 Å². The maximum absolute atomic E-state index is 13.2. The van der Waals surface area contributed by atoms with Gasteiger partial charge in [0.05, 0.1) is 16.6 Å². The third kappa shape index (κ3) is 3.31. The zero-order chi connectivity index (χ0) is 18.3. The van der Waals surface area contributed by atoms with E-state index in [2.05, 4.69) is 0 Å². The van der Waals surface area contributed by atoms with Crippen molar-refractivity contribution in [2.75, 3.05) is 26.2 Å². The molecule has 1 unspecified atom stereocenters. The van der Waals surface area contributed by atoms with Crippen LogP contribution in [0.5, 0.6) is 0 Å². The average molecular weight is 373 g/mol. The fraction of sp³-hybridized carbons (Fsp3) is 0.333. The van der Waals surface area contributed by atoms with Crippen LogP contribution in [-0.4, -0.2) is 40.4 Å². The van der Waals surface area contributed by atoms with E-state index in [0.29, 0.717) is 5.56 Å². The van der Waals surface area contributed by atoms with Crippen LogP contribution in [0.3, 0.4) is 0 Å². The lowest BCUT2D eigenvalue weighted by Gasteiger charge is -2.24. The molecule has 0 spiro atoms. The van der Waals surface area contributed by atoms with Gasteiger partial charge in [-0.05, 0) is 30.2 Å². The van der Waals surface area contributed by atoms with Crippen LogP contribution in [0.4, 0.5) is 5.69 Å². The van der Waals surface area contributed by atoms with Gasteiger partial charge in [-0.1, -0.05) is 30.3 Å². The second-order valence-corrected chi connectivity index (χ2v) is 8.87. The van der Waals surface area contributed by atoms with E-state index in [1.54, 1.807) is 12.1 Å². The highest BCUT2D eigenvalue weighted by atomic mass is 31.2. The van der Waals surface area contributed by atoms with Crippen molar-refractivity contribution in [2.24, 2.45) is 0 Å². The largest absolute Gasteiger partial charge is 0.346 e. The van der Waals surface area contributed by atoms with E-state index in [0.717, 1.165) is 37.3 Å². The van der Waals surface area contributed by atoms with Crippen molar-refractivity contribution < 1.29 is 14.0 Å². The first-order valence-electron chi connectivity index (χ1n) is 8.62. The first kappa shape index (κ1) is 17.4. The standard InChI is InChI=1S/C18H20N3O4P/c1-14(25-26(24,19-9-10-19)20-11-12-20)16-7-8-18(21(22)23)17(13-16)15-5-3-2-4-6-15/h2-8,13-14H,9-12H2,1H3. The Bertz CT molecular complexity index is 865. The van der Waals surface area contributed by atoms with E-state index < -0.39 is 13.8 Å². The van der Waals surface area contributed by atoms with E-state index in [1.165, 1.54) is 6.07 Å². The number of rotatable bonds is 7. The Balaban J connectivity index is 1.66. The highest BCUT2D eigenvalue weighted by Gasteiger charge is 2.50. The van der Waals surface area contributed by atoms with Gasteiger partial charge < -0.3 is 0 Å². The van der Waals surface area contributed by atoms with Gasteiger partial charge in [0.2, 0.25) is 0 Å². The molecule has 2 aliphatic rings. The van der Waals surface area contributed by atoms with Crippen LogP contribution in [-0.2, 0) is 9.09 Å². The van der Waals surface area contributed by atoms with E-state index in [9.17, 15) is 14.7 Å². The van der Waals surface area contributed by atoms with Crippen LogP contribution in [0.2, 0.25) is 0 Å². The van der Waals surface area contributed by atoms with Gasteiger partial charge in [0, 0.05) is 32.2 Å². The van der Waals surface area contributed by atoms with Gasteiger partial charge >= 0.3 is 7.67 Å². The molecular formula is C18H20N3O4P. The van der Waals surface area contributed by atoms with E-state index in [1.807, 2.05) is 46.6 Å². The maximum atomic E-state index is 13.2. The van der Waals surface area contributed by atoms with Gasteiger partial charge in [0.25, 0.3) is 5.69 Å². The molecule has 0 bridgehead atoms. The zero-order valence-corrected chi connectivity index (χ0v) is 15.3. The van der Waals surface area contributed by atoms with E-state index in [4.69, 9.17) is 4.52 Å². The summed E-state index contributed by atoms with van der Waals surface area (Å²) in [5, 5.41) is 11.4. The summed E-state index contributed by atoms with van der Waals surface area (Å²) in [4.78, 5) is 11.0. The van der Waals surface area contributed by atoms with Crippen molar-refractivity contribution in [1.82, 2.24) is 9.34 Å². The topological polar surface area (TPSA) is 75.5 Å². The molecule has 0 saturated carbocycles. The van der Waals surface area contributed by atoms with Gasteiger partial charge in [-0.2, -0.15) is 0 Å². The molecule has 2 heterocycles. The van der Waals surface area contributed by atoms with Gasteiger partial charge in [0.1, 0.15) is 0 Å². The van der Waals surface area contributed by atoms with E-state index in [-0.39, 0.29) is 10.6 Å². The van der Waals surface area contributed by atoms with Crippen molar-refractivity contribution in [1.29, 1.82) is 0 Å². The van der Waals surface area contributed by atoms with Gasteiger partial charge in [-0.25, -0.2) is 9.34 Å². The Morgan fingerprint density at radius 3 is 2.23 bits per heavy atom. The van der Waals surface area contributed by atoms with Crippen molar-refractivity contribution >= 4 is 13.4 Å². The molecule has 2 fully saturated rings. The molecule has 136 valence electrons. The molecule has 4 rings (SSSR count). The lowest BCUT2D eigenvalue weighted by Crippen LogP contribution is -2.10. The molecule has 26 heavy (non-hydrogen) atoms. The second-order valence-electron chi connectivity index (χ2n) is 6.55. The smallest absolute Gasteiger partial charge is 0.298 e. The number of nitrogens with zero attached hydrogens (tertiary/aromatic N) is 3. The van der Waals surface area contributed by atoms with Gasteiger partial charge in [-0.15, -0.1) is 0 Å². The molecule has 1 atom stereocenters. The van der Waals surface area contributed by atoms with E-state index >= 15 is 0 Å². The number of hydrogen-bond donors (Lipinski definition) is 0. The SMILES string of the molecule is CC(OP(=O)(N1CC1)N1CC1)c1ccc([N+](=O)[O-])c(-c2ccccc2)c1. The summed E-state index contributed by atoms with van der Waals surface area (Å²) in [5.74, 6) is 0. The van der Waals surface area contributed by atoms with Gasteiger partial charge in [0.15, 0.2) is 0 Å². The van der Waals surface area contributed by atoms with Crippen LogP contribution in [0, 0.1) is 10.1 Å². The number of nitro groups is 1. The molecular weight excluding hydrogens is 353 g/mol. The third-order valence-electron chi connectivity index (χ3n) is 4.63. The predicted molar refractivity (Wildman–Crippen MR) is 98.8 cm³/mol. The monoisotopic (exact) mass is 373 g/mol. The molecule has 0 aliphatic carbocycles. The number of hydrogen-bond acceptors (Lipinski definition) is 4. The molecule has 2 saturated heterocycles. The molecule has 2 aromatic rings. The summed E-state index contributed by atoms with van der Waals surface area (Å²) < 4.78 is 22.9. The molecule has 8 heteroatoms. The molecule has 2 aromatic carbocycles. The Morgan fingerprint density at radius 2 is 1.69 bits per heavy atom. The lowest BCUT2D eigenvalue weighted by molar-refractivity contribution is -0.384. The number of benzene rings is 2. The normalized spacial score (nSPS) is 18.5. The van der Waals surface area contributed by atoms with Crippen LogP contribution in [0.25, 0.3) is 11.1 Å². The van der Waals surface area contributed by atoms with Crippen molar-refractivity contribution in [2.45, 2.75) is 13.0 Å². The predicted octanol–water partition coefficient (Wildman–Crippen LogP) is 4.08. The zero-order valence-electron chi connectivity index (χ0n) is 14.4.